The lowest BCUT2D eigenvalue weighted by Crippen LogP contribution is -2.25. The lowest BCUT2D eigenvalue weighted by Gasteiger charge is -2.20. The Balaban J connectivity index is 2.16. The van der Waals surface area contributed by atoms with Crippen molar-refractivity contribution in [3.8, 4) is 0 Å². The second-order valence-corrected chi connectivity index (χ2v) is 13.9. The minimum Gasteiger partial charge on any atom is -0.394 e. The van der Waals surface area contributed by atoms with Crippen LogP contribution in [0.1, 0.15) is 19.1 Å². The molecule has 0 amide bonds. The topological polar surface area (TPSA) is 67.2 Å². The smallest absolute Gasteiger partial charge is 0.265 e. The normalized spacial score (nSPS) is 25.6. The summed E-state index contributed by atoms with van der Waals surface area (Å²) < 4.78 is 8.51. The van der Waals surface area contributed by atoms with E-state index in [4.69, 9.17) is 17.0 Å². The lowest BCUT2D eigenvalue weighted by atomic mass is 9.98. The Morgan fingerprint density at radius 2 is 2.23 bits per heavy atom. The van der Waals surface area contributed by atoms with Crippen molar-refractivity contribution >= 4 is 36.2 Å². The Bertz CT molecular complexity index is 640. The van der Waals surface area contributed by atoms with Crippen molar-refractivity contribution in [3.05, 3.63) is 25.8 Å². The number of hydrogen-bond acceptors (Lipinski definition) is 4. The van der Waals surface area contributed by atoms with Crippen LogP contribution in [-0.4, -0.2) is 35.4 Å². The Hall–Kier alpha value is -0.283. The summed E-state index contributed by atoms with van der Waals surface area (Å²) in [4.78, 5) is 14.2. The maximum atomic E-state index is 11.5. The monoisotopic (exact) mass is 406 g/mol. The number of aliphatic hydroxyl groups is 1. The van der Waals surface area contributed by atoms with E-state index in [1.54, 1.807) is 10.8 Å². The summed E-state index contributed by atoms with van der Waals surface area (Å²) in [5.74, 6) is 0.328. The minimum atomic E-state index is -1.12. The summed E-state index contributed by atoms with van der Waals surface area (Å²) in [6, 6.07) is 1.21. The van der Waals surface area contributed by atoms with Crippen molar-refractivity contribution in [2.24, 2.45) is 5.92 Å². The molecular weight excluding hydrogens is 384 g/mol. The van der Waals surface area contributed by atoms with E-state index in [2.05, 4.69) is 40.6 Å². The third kappa shape index (κ3) is 4.38. The number of ether oxygens (including phenoxy) is 1. The van der Waals surface area contributed by atoms with Gasteiger partial charge in [-0.05, 0) is 40.5 Å². The molecule has 1 aliphatic heterocycles. The Labute approximate surface area is 144 Å². The van der Waals surface area contributed by atoms with Crippen molar-refractivity contribution < 1.29 is 9.84 Å². The van der Waals surface area contributed by atoms with Crippen molar-refractivity contribution in [1.29, 1.82) is 0 Å². The number of H-pyrrole nitrogens is 1. The van der Waals surface area contributed by atoms with Gasteiger partial charge < -0.3 is 9.84 Å². The molecule has 1 aromatic rings. The number of hydrogen-bond donors (Lipinski definition) is 2. The number of halogens is 1. The van der Waals surface area contributed by atoms with E-state index in [1.165, 1.54) is 6.04 Å². The SMILES string of the molecule is C[Si](C)(C)CC[C@H]1C[C@H](n2cc(Br)c(=O)[nH]c2=S)O[C@@H]1CO. The van der Waals surface area contributed by atoms with Crippen molar-refractivity contribution in [2.45, 2.75) is 50.9 Å². The molecule has 5 nitrogen and oxygen atoms in total. The number of aliphatic hydroxyl groups excluding tert-OH is 1. The first-order valence-corrected chi connectivity index (χ1v) is 12.4. The van der Waals surface area contributed by atoms with Gasteiger partial charge in [0, 0.05) is 14.3 Å². The molecule has 0 spiro atoms. The molecule has 0 saturated carbocycles. The molecule has 1 aliphatic rings. The van der Waals surface area contributed by atoms with Gasteiger partial charge >= 0.3 is 0 Å². The van der Waals surface area contributed by atoms with Crippen molar-refractivity contribution in [1.82, 2.24) is 9.55 Å². The summed E-state index contributed by atoms with van der Waals surface area (Å²) >= 11 is 8.45. The molecule has 124 valence electrons. The zero-order valence-corrected chi connectivity index (χ0v) is 16.5. The fourth-order valence-corrected chi connectivity index (χ4v) is 4.57. The van der Waals surface area contributed by atoms with Crippen LogP contribution in [0.25, 0.3) is 0 Å². The van der Waals surface area contributed by atoms with Gasteiger partial charge in [-0.25, -0.2) is 0 Å². The maximum absolute atomic E-state index is 11.5. The zero-order chi connectivity index (χ0) is 16.5. The fraction of sp³-hybridized carbons (Fsp3) is 0.714. The molecule has 1 fully saturated rings. The second kappa shape index (κ2) is 7.08. The third-order valence-electron chi connectivity index (χ3n) is 4.04. The van der Waals surface area contributed by atoms with E-state index >= 15 is 0 Å². The molecule has 3 atom stereocenters. The van der Waals surface area contributed by atoms with Gasteiger partial charge in [-0.2, -0.15) is 0 Å². The molecule has 1 saturated heterocycles. The third-order valence-corrected chi connectivity index (χ3v) is 6.71. The van der Waals surface area contributed by atoms with Crippen LogP contribution in [-0.2, 0) is 4.74 Å². The van der Waals surface area contributed by atoms with E-state index in [0.717, 1.165) is 12.8 Å². The first-order valence-electron chi connectivity index (χ1n) is 7.48. The van der Waals surface area contributed by atoms with E-state index in [0.29, 0.717) is 15.2 Å². The lowest BCUT2D eigenvalue weighted by molar-refractivity contribution is -0.0321. The van der Waals surface area contributed by atoms with Crippen LogP contribution >= 0.6 is 28.1 Å². The molecule has 1 aromatic heterocycles. The highest BCUT2D eigenvalue weighted by Gasteiger charge is 2.36. The highest BCUT2D eigenvalue weighted by Crippen LogP contribution is 2.37. The van der Waals surface area contributed by atoms with Crippen LogP contribution in [0.2, 0.25) is 25.7 Å². The molecule has 22 heavy (non-hydrogen) atoms. The van der Waals surface area contributed by atoms with Gasteiger partial charge in [-0.1, -0.05) is 32.1 Å². The molecule has 0 aromatic carbocycles. The quantitative estimate of drug-likeness (QED) is 0.581. The van der Waals surface area contributed by atoms with Gasteiger partial charge in [0.25, 0.3) is 5.56 Å². The highest BCUT2D eigenvalue weighted by atomic mass is 79.9. The number of nitrogens with zero attached hydrogens (tertiary/aromatic N) is 1. The molecule has 8 heteroatoms. The van der Waals surface area contributed by atoms with Crippen molar-refractivity contribution in [3.63, 3.8) is 0 Å². The fourth-order valence-electron chi connectivity index (χ4n) is 2.75. The van der Waals surface area contributed by atoms with E-state index in [-0.39, 0.29) is 24.5 Å². The van der Waals surface area contributed by atoms with Crippen LogP contribution in [0.15, 0.2) is 15.5 Å². The Kier molecular flexibility index (Phi) is 5.82. The van der Waals surface area contributed by atoms with Crippen LogP contribution in [0.3, 0.4) is 0 Å². The van der Waals surface area contributed by atoms with Gasteiger partial charge in [-0.15, -0.1) is 0 Å². The van der Waals surface area contributed by atoms with E-state index < -0.39 is 8.07 Å². The maximum Gasteiger partial charge on any atom is 0.265 e. The zero-order valence-electron chi connectivity index (χ0n) is 13.1. The molecule has 2 N–H and O–H groups in total. The number of rotatable bonds is 5. The highest BCUT2D eigenvalue weighted by molar-refractivity contribution is 9.10. The molecule has 0 radical (unpaired) electrons. The Morgan fingerprint density at radius 3 is 2.82 bits per heavy atom. The van der Waals surface area contributed by atoms with Crippen LogP contribution in [0, 0.1) is 10.7 Å². The number of nitrogens with one attached hydrogen (secondary N) is 1. The van der Waals surface area contributed by atoms with Gasteiger partial charge in [-0.3, -0.25) is 14.3 Å². The van der Waals surface area contributed by atoms with Gasteiger partial charge in [0.15, 0.2) is 4.77 Å². The first-order chi connectivity index (χ1) is 10.2. The average molecular weight is 407 g/mol. The largest absolute Gasteiger partial charge is 0.394 e. The van der Waals surface area contributed by atoms with Crippen LogP contribution in [0.5, 0.6) is 0 Å². The van der Waals surface area contributed by atoms with Gasteiger partial charge in [0.1, 0.15) is 6.23 Å². The summed E-state index contributed by atoms with van der Waals surface area (Å²) in [6.45, 7) is 7.07. The molecule has 2 rings (SSSR count). The average Bonchev–Trinajstić information content (AvgIpc) is 2.83. The molecule has 2 heterocycles. The van der Waals surface area contributed by atoms with Crippen LogP contribution in [0.4, 0.5) is 0 Å². The van der Waals surface area contributed by atoms with Gasteiger partial charge in [0.05, 0.1) is 17.2 Å². The van der Waals surface area contributed by atoms with Crippen LogP contribution < -0.4 is 5.56 Å². The number of aromatic nitrogens is 2. The molecule has 0 bridgehead atoms. The number of aromatic amines is 1. The first kappa shape index (κ1) is 18.1. The second-order valence-electron chi connectivity index (χ2n) is 7.05. The summed E-state index contributed by atoms with van der Waals surface area (Å²) in [5.41, 5.74) is -0.242. The standard InChI is InChI=1S/C14H23BrN2O3SSi/c1-22(2,3)5-4-9-6-12(20-11(9)8-18)17-7-10(15)13(19)16-14(17)21/h7,9,11-12,18H,4-6,8H2,1-3H3,(H,16,19,21)/t9-,11+,12+/m0/s1. The molecule has 0 aliphatic carbocycles. The predicted molar refractivity (Wildman–Crippen MR) is 95.5 cm³/mol. The molecular formula is C14H23BrN2O3SSi. The summed E-state index contributed by atoms with van der Waals surface area (Å²) in [5, 5.41) is 9.58. The predicted octanol–water partition coefficient (Wildman–Crippen LogP) is 3.29. The molecule has 0 unspecified atom stereocenters. The van der Waals surface area contributed by atoms with Gasteiger partial charge in [0.2, 0.25) is 0 Å². The van der Waals surface area contributed by atoms with Crippen molar-refractivity contribution in [2.75, 3.05) is 6.61 Å². The van der Waals surface area contributed by atoms with E-state index in [1.807, 2.05) is 0 Å². The van der Waals surface area contributed by atoms with E-state index in [9.17, 15) is 9.90 Å². The summed E-state index contributed by atoms with van der Waals surface area (Å²) in [7, 11) is -1.12. The summed E-state index contributed by atoms with van der Waals surface area (Å²) in [6.07, 6.45) is 3.15. The Morgan fingerprint density at radius 1 is 1.55 bits per heavy atom. The minimum absolute atomic E-state index is 0.0186.